The first-order valence-electron chi connectivity index (χ1n) is 8.12. The fourth-order valence-electron chi connectivity index (χ4n) is 3.80. The Kier molecular flexibility index (Phi) is 4.10. The molecular weight excluding hydrogens is 296 g/mol. The molecule has 1 aliphatic carbocycles. The first-order valence-corrected chi connectivity index (χ1v) is 9.94. The Morgan fingerprint density at radius 2 is 1.86 bits per heavy atom. The van der Waals surface area contributed by atoms with Crippen molar-refractivity contribution >= 4 is 22.7 Å². The average Bonchev–Trinajstić information content (AvgIpc) is 3.27. The van der Waals surface area contributed by atoms with E-state index in [2.05, 4.69) is 27.1 Å². The predicted molar refractivity (Wildman–Crippen MR) is 91.2 cm³/mol. The first-order chi connectivity index (χ1) is 10.4. The van der Waals surface area contributed by atoms with Gasteiger partial charge in [0, 0.05) is 28.3 Å². The normalized spacial score (nSPS) is 22.1. The Morgan fingerprint density at radius 3 is 2.57 bits per heavy atom. The molecule has 0 aromatic carbocycles. The Bertz CT molecular complexity index is 561. The molecule has 2 aromatic rings. The molecule has 0 radical (unpaired) electrons. The molecule has 1 saturated carbocycles. The van der Waals surface area contributed by atoms with Gasteiger partial charge in [-0.25, -0.2) is 4.98 Å². The fourth-order valence-corrected chi connectivity index (χ4v) is 5.45. The summed E-state index contributed by atoms with van der Waals surface area (Å²) in [7, 11) is 0. The van der Waals surface area contributed by atoms with Crippen LogP contribution in [0.25, 0.3) is 11.3 Å². The van der Waals surface area contributed by atoms with Crippen LogP contribution in [0.4, 0.5) is 0 Å². The van der Waals surface area contributed by atoms with Crippen LogP contribution in [0.15, 0.2) is 22.2 Å². The quantitative estimate of drug-likeness (QED) is 0.792. The SMILES string of the molecule is c1cc(-c2csc(C3CCN(C4CCCC4)CC3)n2)cs1. The van der Waals surface area contributed by atoms with Gasteiger partial charge in [0.1, 0.15) is 0 Å². The minimum absolute atomic E-state index is 0.694. The van der Waals surface area contributed by atoms with E-state index < -0.39 is 0 Å². The number of aromatic nitrogens is 1. The summed E-state index contributed by atoms with van der Waals surface area (Å²) >= 11 is 3.61. The monoisotopic (exact) mass is 318 g/mol. The summed E-state index contributed by atoms with van der Waals surface area (Å²) in [6.07, 6.45) is 8.36. The topological polar surface area (TPSA) is 16.1 Å². The summed E-state index contributed by atoms with van der Waals surface area (Å²) in [6.45, 7) is 2.56. The molecule has 2 nitrogen and oxygen atoms in total. The molecule has 1 saturated heterocycles. The molecule has 0 unspecified atom stereocenters. The maximum absolute atomic E-state index is 4.91. The molecule has 0 bridgehead atoms. The van der Waals surface area contributed by atoms with E-state index in [0.29, 0.717) is 5.92 Å². The van der Waals surface area contributed by atoms with Gasteiger partial charge in [0.15, 0.2) is 0 Å². The van der Waals surface area contributed by atoms with Gasteiger partial charge >= 0.3 is 0 Å². The fraction of sp³-hybridized carbons (Fsp3) is 0.588. The molecule has 2 aliphatic rings. The third kappa shape index (κ3) is 2.94. The van der Waals surface area contributed by atoms with Gasteiger partial charge in [-0.2, -0.15) is 11.3 Å². The van der Waals surface area contributed by atoms with Crippen LogP contribution in [0.1, 0.15) is 49.5 Å². The molecule has 112 valence electrons. The van der Waals surface area contributed by atoms with Crippen LogP contribution in [0.2, 0.25) is 0 Å². The zero-order valence-corrected chi connectivity index (χ0v) is 14.0. The van der Waals surface area contributed by atoms with Crippen LogP contribution in [0.3, 0.4) is 0 Å². The van der Waals surface area contributed by atoms with E-state index in [1.54, 1.807) is 11.3 Å². The summed E-state index contributed by atoms with van der Waals surface area (Å²) in [5, 5.41) is 7.93. The van der Waals surface area contributed by atoms with Crippen LogP contribution in [0.5, 0.6) is 0 Å². The summed E-state index contributed by atoms with van der Waals surface area (Å²) < 4.78 is 0. The van der Waals surface area contributed by atoms with Gasteiger partial charge in [0.2, 0.25) is 0 Å². The predicted octanol–water partition coefficient (Wildman–Crippen LogP) is 4.99. The minimum atomic E-state index is 0.694. The lowest BCUT2D eigenvalue weighted by molar-refractivity contribution is 0.154. The van der Waals surface area contributed by atoms with Gasteiger partial charge in [0.05, 0.1) is 10.7 Å². The maximum atomic E-state index is 4.91. The third-order valence-corrected chi connectivity index (χ3v) is 6.75. The molecule has 0 atom stereocenters. The van der Waals surface area contributed by atoms with Crippen LogP contribution in [-0.4, -0.2) is 29.0 Å². The van der Waals surface area contributed by atoms with E-state index in [9.17, 15) is 0 Å². The van der Waals surface area contributed by atoms with Crippen molar-refractivity contribution in [3.8, 4) is 11.3 Å². The van der Waals surface area contributed by atoms with Crippen molar-refractivity contribution in [1.29, 1.82) is 0 Å². The molecule has 2 aromatic heterocycles. The number of piperidine rings is 1. The highest BCUT2D eigenvalue weighted by Gasteiger charge is 2.28. The minimum Gasteiger partial charge on any atom is -0.300 e. The molecule has 1 aliphatic heterocycles. The van der Waals surface area contributed by atoms with Gasteiger partial charge in [-0.15, -0.1) is 11.3 Å². The third-order valence-electron chi connectivity index (χ3n) is 5.06. The zero-order valence-electron chi connectivity index (χ0n) is 12.3. The van der Waals surface area contributed by atoms with E-state index in [1.807, 2.05) is 11.3 Å². The summed E-state index contributed by atoms with van der Waals surface area (Å²) in [5.41, 5.74) is 2.46. The second-order valence-corrected chi connectivity index (χ2v) is 8.00. The lowest BCUT2D eigenvalue weighted by Gasteiger charge is -2.35. The van der Waals surface area contributed by atoms with Gasteiger partial charge in [-0.05, 0) is 50.2 Å². The van der Waals surface area contributed by atoms with E-state index >= 15 is 0 Å². The van der Waals surface area contributed by atoms with Crippen molar-refractivity contribution < 1.29 is 0 Å². The second kappa shape index (κ2) is 6.19. The van der Waals surface area contributed by atoms with Crippen LogP contribution >= 0.6 is 22.7 Å². The Balaban J connectivity index is 1.39. The van der Waals surface area contributed by atoms with Crippen molar-refractivity contribution in [3.63, 3.8) is 0 Å². The number of likely N-dealkylation sites (tertiary alicyclic amines) is 1. The standard InChI is InChI=1S/C17H22N2S2/c1-2-4-15(3-1)19-8-5-13(6-9-19)17-18-16(12-21-17)14-7-10-20-11-14/h7,10-13,15H,1-6,8-9H2. The van der Waals surface area contributed by atoms with Crippen molar-refractivity contribution in [2.45, 2.75) is 50.5 Å². The summed E-state index contributed by atoms with van der Waals surface area (Å²) in [4.78, 5) is 7.65. The van der Waals surface area contributed by atoms with E-state index in [1.165, 1.54) is 67.9 Å². The van der Waals surface area contributed by atoms with E-state index in [4.69, 9.17) is 4.98 Å². The Labute approximate surface area is 134 Å². The number of hydrogen-bond donors (Lipinski definition) is 0. The van der Waals surface area contributed by atoms with Gasteiger partial charge in [-0.3, -0.25) is 0 Å². The van der Waals surface area contributed by atoms with Crippen molar-refractivity contribution in [3.05, 3.63) is 27.2 Å². The summed E-state index contributed by atoms with van der Waals surface area (Å²) in [5.74, 6) is 0.694. The van der Waals surface area contributed by atoms with Crippen molar-refractivity contribution in [1.82, 2.24) is 9.88 Å². The first kappa shape index (κ1) is 13.9. The number of nitrogens with zero attached hydrogens (tertiary/aromatic N) is 2. The van der Waals surface area contributed by atoms with Crippen molar-refractivity contribution in [2.24, 2.45) is 0 Å². The molecular formula is C17H22N2S2. The number of hydrogen-bond acceptors (Lipinski definition) is 4. The summed E-state index contributed by atoms with van der Waals surface area (Å²) in [6, 6.07) is 3.07. The highest BCUT2D eigenvalue weighted by Crippen LogP contribution is 2.35. The maximum Gasteiger partial charge on any atom is 0.0964 e. The Hall–Kier alpha value is -0.710. The van der Waals surface area contributed by atoms with Crippen LogP contribution < -0.4 is 0 Å². The van der Waals surface area contributed by atoms with E-state index in [0.717, 1.165) is 6.04 Å². The number of rotatable bonds is 3. The van der Waals surface area contributed by atoms with Gasteiger partial charge in [-0.1, -0.05) is 12.8 Å². The number of thiophene rings is 1. The molecule has 4 heteroatoms. The van der Waals surface area contributed by atoms with Crippen LogP contribution in [0, 0.1) is 0 Å². The lowest BCUT2D eigenvalue weighted by Crippen LogP contribution is -2.39. The largest absolute Gasteiger partial charge is 0.300 e. The van der Waals surface area contributed by atoms with Crippen molar-refractivity contribution in [2.75, 3.05) is 13.1 Å². The average molecular weight is 319 g/mol. The lowest BCUT2D eigenvalue weighted by atomic mass is 9.96. The molecule has 0 amide bonds. The zero-order chi connectivity index (χ0) is 14.1. The molecule has 3 heterocycles. The highest BCUT2D eigenvalue weighted by molar-refractivity contribution is 7.10. The number of thiazole rings is 1. The highest BCUT2D eigenvalue weighted by atomic mass is 32.1. The molecule has 2 fully saturated rings. The smallest absolute Gasteiger partial charge is 0.0964 e. The van der Waals surface area contributed by atoms with Gasteiger partial charge in [0.25, 0.3) is 0 Å². The van der Waals surface area contributed by atoms with Gasteiger partial charge < -0.3 is 4.90 Å². The molecule has 0 N–H and O–H groups in total. The molecule has 21 heavy (non-hydrogen) atoms. The van der Waals surface area contributed by atoms with E-state index in [-0.39, 0.29) is 0 Å². The second-order valence-electron chi connectivity index (χ2n) is 6.33. The Morgan fingerprint density at radius 1 is 1.05 bits per heavy atom. The van der Waals surface area contributed by atoms with Crippen LogP contribution in [-0.2, 0) is 0 Å². The molecule has 0 spiro atoms. The molecule has 4 rings (SSSR count).